The second-order valence-electron chi connectivity index (χ2n) is 7.53. The average molecular weight is 378 g/mol. The van der Waals surface area contributed by atoms with E-state index in [4.69, 9.17) is 0 Å². The molecule has 2 heterocycles. The standard InChI is InChI=1S/C26H22N2O/c1-18(25-16-20-12-6-8-14-23(20)27(25)2)22-17-28(24-15-9-7-13-21(22)24)26(29)19-10-4-3-5-11-19/h3-16H,17H2,1-2H3/b22-18-. The molecule has 3 aromatic carbocycles. The highest BCUT2D eigenvalue weighted by Crippen LogP contribution is 2.41. The number of carbonyl (C=O) groups excluding carboxylic acids is 1. The van der Waals surface area contributed by atoms with Crippen LogP contribution in [0.4, 0.5) is 5.69 Å². The average Bonchev–Trinajstić information content (AvgIpc) is 3.32. The van der Waals surface area contributed by atoms with Crippen LogP contribution < -0.4 is 4.90 Å². The van der Waals surface area contributed by atoms with Crippen LogP contribution in [0.5, 0.6) is 0 Å². The van der Waals surface area contributed by atoms with Crippen LogP contribution >= 0.6 is 0 Å². The van der Waals surface area contributed by atoms with Gasteiger partial charge in [0.2, 0.25) is 0 Å². The van der Waals surface area contributed by atoms with Crippen LogP contribution in [0.1, 0.15) is 28.5 Å². The molecule has 4 aromatic rings. The number of carbonyl (C=O) groups is 1. The van der Waals surface area contributed by atoms with Crippen molar-refractivity contribution in [3.8, 4) is 0 Å². The topological polar surface area (TPSA) is 25.2 Å². The molecule has 0 saturated carbocycles. The van der Waals surface area contributed by atoms with Gasteiger partial charge < -0.3 is 9.47 Å². The molecule has 3 nitrogen and oxygen atoms in total. The molecule has 0 N–H and O–H groups in total. The molecule has 0 saturated heterocycles. The Kier molecular flexibility index (Phi) is 4.09. The van der Waals surface area contributed by atoms with Gasteiger partial charge in [0.1, 0.15) is 0 Å². The predicted molar refractivity (Wildman–Crippen MR) is 120 cm³/mol. The molecule has 0 unspecified atom stereocenters. The number of hydrogen-bond donors (Lipinski definition) is 0. The minimum Gasteiger partial charge on any atom is -0.344 e. The Balaban J connectivity index is 1.64. The highest BCUT2D eigenvalue weighted by Gasteiger charge is 2.30. The van der Waals surface area contributed by atoms with Crippen molar-refractivity contribution < 1.29 is 4.79 Å². The normalized spacial score (nSPS) is 14.9. The summed E-state index contributed by atoms with van der Waals surface area (Å²) in [6.07, 6.45) is 0. The number of nitrogens with zero attached hydrogens (tertiary/aromatic N) is 2. The van der Waals surface area contributed by atoms with Crippen molar-refractivity contribution in [3.63, 3.8) is 0 Å². The maximum Gasteiger partial charge on any atom is 0.258 e. The van der Waals surface area contributed by atoms with E-state index in [2.05, 4.69) is 54.9 Å². The van der Waals surface area contributed by atoms with Crippen molar-refractivity contribution >= 4 is 33.6 Å². The molecule has 0 bridgehead atoms. The Hall–Kier alpha value is -3.59. The van der Waals surface area contributed by atoms with Gasteiger partial charge in [-0.05, 0) is 48.4 Å². The smallest absolute Gasteiger partial charge is 0.258 e. The van der Waals surface area contributed by atoms with Gasteiger partial charge in [0, 0.05) is 34.8 Å². The van der Waals surface area contributed by atoms with Gasteiger partial charge in [0.05, 0.1) is 12.2 Å². The lowest BCUT2D eigenvalue weighted by atomic mass is 10.0. The number of rotatable bonds is 2. The molecule has 1 aliphatic rings. The summed E-state index contributed by atoms with van der Waals surface area (Å²) in [5, 5.41) is 1.23. The lowest BCUT2D eigenvalue weighted by molar-refractivity contribution is 0.0991. The van der Waals surface area contributed by atoms with E-state index in [0.717, 1.165) is 11.3 Å². The van der Waals surface area contributed by atoms with Crippen molar-refractivity contribution in [3.05, 3.63) is 102 Å². The number of anilines is 1. The SMILES string of the molecule is C/C(=C1\CN(C(=O)c2ccccc2)c2ccccc21)c1cc2ccccc2n1C. The fraction of sp³-hybridized carbons (Fsp3) is 0.115. The summed E-state index contributed by atoms with van der Waals surface area (Å²) in [6, 6.07) is 28.4. The van der Waals surface area contributed by atoms with Gasteiger partial charge in [0.15, 0.2) is 0 Å². The molecule has 0 radical (unpaired) electrons. The van der Waals surface area contributed by atoms with Crippen LogP contribution in [0.3, 0.4) is 0 Å². The number of para-hydroxylation sites is 2. The number of allylic oxidation sites excluding steroid dienone is 1. The van der Waals surface area contributed by atoms with Crippen molar-refractivity contribution in [1.82, 2.24) is 4.57 Å². The van der Waals surface area contributed by atoms with Crippen LogP contribution in [0, 0.1) is 0 Å². The third-order valence-corrected chi connectivity index (χ3v) is 5.89. The molecule has 0 spiro atoms. The van der Waals surface area contributed by atoms with Gasteiger partial charge in [-0.15, -0.1) is 0 Å². The summed E-state index contributed by atoms with van der Waals surface area (Å²) in [4.78, 5) is 15.1. The zero-order valence-corrected chi connectivity index (χ0v) is 16.6. The molecule has 29 heavy (non-hydrogen) atoms. The van der Waals surface area contributed by atoms with Gasteiger partial charge in [-0.25, -0.2) is 0 Å². The fourth-order valence-electron chi connectivity index (χ4n) is 4.33. The van der Waals surface area contributed by atoms with E-state index < -0.39 is 0 Å². The minimum atomic E-state index is 0.0397. The van der Waals surface area contributed by atoms with E-state index in [9.17, 15) is 4.79 Å². The summed E-state index contributed by atoms with van der Waals surface area (Å²) in [7, 11) is 2.11. The van der Waals surface area contributed by atoms with E-state index >= 15 is 0 Å². The Bertz CT molecular complexity index is 1260. The highest BCUT2D eigenvalue weighted by atomic mass is 16.2. The minimum absolute atomic E-state index is 0.0397. The highest BCUT2D eigenvalue weighted by molar-refractivity contribution is 6.13. The van der Waals surface area contributed by atoms with Crippen molar-refractivity contribution in [1.29, 1.82) is 0 Å². The first-order valence-corrected chi connectivity index (χ1v) is 9.86. The van der Waals surface area contributed by atoms with Gasteiger partial charge in [-0.1, -0.05) is 54.6 Å². The zero-order chi connectivity index (χ0) is 20.0. The van der Waals surface area contributed by atoms with Gasteiger partial charge in [-0.2, -0.15) is 0 Å². The molecule has 3 heteroatoms. The molecule has 5 rings (SSSR count). The maximum absolute atomic E-state index is 13.2. The number of benzene rings is 3. The lowest BCUT2D eigenvalue weighted by Gasteiger charge is -2.17. The largest absolute Gasteiger partial charge is 0.344 e. The molecule has 0 atom stereocenters. The third-order valence-electron chi connectivity index (χ3n) is 5.89. The first-order valence-electron chi connectivity index (χ1n) is 9.86. The molecule has 1 aromatic heterocycles. The van der Waals surface area contributed by atoms with E-state index in [1.807, 2.05) is 53.4 Å². The monoisotopic (exact) mass is 378 g/mol. The van der Waals surface area contributed by atoms with Crippen LogP contribution in [0.2, 0.25) is 0 Å². The number of fused-ring (bicyclic) bond motifs is 2. The number of aryl methyl sites for hydroxylation is 1. The molecule has 1 aliphatic heterocycles. The molecular weight excluding hydrogens is 356 g/mol. The second kappa shape index (κ2) is 6.78. The fourth-order valence-corrected chi connectivity index (χ4v) is 4.33. The molecule has 0 fully saturated rings. The first-order chi connectivity index (χ1) is 14.1. The van der Waals surface area contributed by atoms with Gasteiger partial charge in [0.25, 0.3) is 5.91 Å². The van der Waals surface area contributed by atoms with Crippen LogP contribution in [-0.4, -0.2) is 17.0 Å². The molecular formula is C26H22N2O. The van der Waals surface area contributed by atoms with Crippen molar-refractivity contribution in [2.45, 2.75) is 6.92 Å². The Morgan fingerprint density at radius 3 is 2.34 bits per heavy atom. The lowest BCUT2D eigenvalue weighted by Crippen LogP contribution is -2.28. The molecule has 1 amide bonds. The van der Waals surface area contributed by atoms with Crippen LogP contribution in [0.15, 0.2) is 84.9 Å². The Morgan fingerprint density at radius 1 is 0.862 bits per heavy atom. The van der Waals surface area contributed by atoms with E-state index in [1.165, 1.54) is 27.7 Å². The van der Waals surface area contributed by atoms with Crippen LogP contribution in [0.25, 0.3) is 22.0 Å². The van der Waals surface area contributed by atoms with Crippen LogP contribution in [-0.2, 0) is 7.05 Å². The van der Waals surface area contributed by atoms with E-state index in [1.54, 1.807) is 0 Å². The number of aromatic nitrogens is 1. The quantitative estimate of drug-likeness (QED) is 0.435. The first kappa shape index (κ1) is 17.5. The van der Waals surface area contributed by atoms with Crippen molar-refractivity contribution in [2.24, 2.45) is 7.05 Å². The summed E-state index contributed by atoms with van der Waals surface area (Å²) in [5.41, 5.74) is 7.64. The number of hydrogen-bond acceptors (Lipinski definition) is 1. The zero-order valence-electron chi connectivity index (χ0n) is 16.6. The Morgan fingerprint density at radius 2 is 1.55 bits per heavy atom. The summed E-state index contributed by atoms with van der Waals surface area (Å²) < 4.78 is 2.24. The summed E-state index contributed by atoms with van der Waals surface area (Å²) >= 11 is 0. The second-order valence-corrected chi connectivity index (χ2v) is 7.53. The third kappa shape index (κ3) is 2.78. The van der Waals surface area contributed by atoms with Crippen molar-refractivity contribution in [2.75, 3.05) is 11.4 Å². The Labute approximate surface area is 170 Å². The predicted octanol–water partition coefficient (Wildman–Crippen LogP) is 5.77. The molecule has 142 valence electrons. The molecule has 0 aliphatic carbocycles. The van der Waals surface area contributed by atoms with Gasteiger partial charge in [-0.3, -0.25) is 4.79 Å². The van der Waals surface area contributed by atoms with E-state index in [0.29, 0.717) is 12.1 Å². The maximum atomic E-state index is 13.2. The van der Waals surface area contributed by atoms with Gasteiger partial charge >= 0.3 is 0 Å². The number of amides is 1. The van der Waals surface area contributed by atoms with E-state index in [-0.39, 0.29) is 5.91 Å². The summed E-state index contributed by atoms with van der Waals surface area (Å²) in [6.45, 7) is 2.75. The summed E-state index contributed by atoms with van der Waals surface area (Å²) in [5.74, 6) is 0.0397.